The van der Waals surface area contributed by atoms with Crippen LogP contribution in [0.15, 0.2) is 24.3 Å². The SMILES string of the molecule is CN1CC(=O)N(CCCO)c2ccccc21. The molecule has 0 spiro atoms. The zero-order chi connectivity index (χ0) is 11.5. The summed E-state index contributed by atoms with van der Waals surface area (Å²) in [6, 6.07) is 7.85. The number of anilines is 2. The van der Waals surface area contributed by atoms with Crippen molar-refractivity contribution in [1.29, 1.82) is 0 Å². The molecule has 0 radical (unpaired) electrons. The molecular weight excluding hydrogens is 204 g/mol. The molecule has 1 aromatic rings. The molecule has 16 heavy (non-hydrogen) atoms. The number of hydrogen-bond acceptors (Lipinski definition) is 3. The molecule has 2 rings (SSSR count). The van der Waals surface area contributed by atoms with Crippen molar-refractivity contribution in [2.45, 2.75) is 6.42 Å². The lowest BCUT2D eigenvalue weighted by molar-refractivity contribution is -0.117. The van der Waals surface area contributed by atoms with E-state index in [1.165, 1.54) is 0 Å². The summed E-state index contributed by atoms with van der Waals surface area (Å²) in [5.41, 5.74) is 2.01. The fourth-order valence-electron chi connectivity index (χ4n) is 2.00. The number of hydrogen-bond donors (Lipinski definition) is 1. The van der Waals surface area contributed by atoms with Crippen molar-refractivity contribution in [3.05, 3.63) is 24.3 Å². The van der Waals surface area contributed by atoms with Crippen molar-refractivity contribution in [3.8, 4) is 0 Å². The normalized spacial score (nSPS) is 15.2. The molecule has 0 atom stereocenters. The number of likely N-dealkylation sites (N-methyl/N-ethyl adjacent to an activating group) is 1. The molecule has 0 fully saturated rings. The Balaban J connectivity index is 2.31. The molecule has 1 aliphatic rings. The summed E-state index contributed by atoms with van der Waals surface area (Å²) in [5.74, 6) is 0.0923. The topological polar surface area (TPSA) is 43.8 Å². The molecule has 0 aromatic heterocycles. The van der Waals surface area contributed by atoms with E-state index in [-0.39, 0.29) is 12.5 Å². The van der Waals surface area contributed by atoms with Crippen LogP contribution in [0.2, 0.25) is 0 Å². The van der Waals surface area contributed by atoms with Crippen LogP contribution in [0.5, 0.6) is 0 Å². The van der Waals surface area contributed by atoms with Gasteiger partial charge in [0, 0.05) is 20.2 Å². The van der Waals surface area contributed by atoms with E-state index in [0.717, 1.165) is 11.4 Å². The Labute approximate surface area is 95.1 Å². The van der Waals surface area contributed by atoms with Crippen LogP contribution in [0.25, 0.3) is 0 Å². The van der Waals surface area contributed by atoms with Crippen molar-refractivity contribution >= 4 is 17.3 Å². The van der Waals surface area contributed by atoms with Gasteiger partial charge >= 0.3 is 0 Å². The molecule has 1 heterocycles. The molecule has 4 heteroatoms. The highest BCUT2D eigenvalue weighted by atomic mass is 16.3. The molecule has 0 saturated carbocycles. The first-order chi connectivity index (χ1) is 7.74. The average Bonchev–Trinajstić information content (AvgIpc) is 2.29. The second-order valence-corrected chi connectivity index (χ2v) is 3.97. The Hall–Kier alpha value is -1.55. The number of carbonyl (C=O) groups is 1. The van der Waals surface area contributed by atoms with E-state index in [2.05, 4.69) is 0 Å². The molecule has 0 aliphatic carbocycles. The number of benzene rings is 1. The Kier molecular flexibility index (Phi) is 3.10. The molecule has 0 bridgehead atoms. The second-order valence-electron chi connectivity index (χ2n) is 3.97. The Bertz CT molecular complexity index is 392. The lowest BCUT2D eigenvalue weighted by Gasteiger charge is -2.35. The zero-order valence-electron chi connectivity index (χ0n) is 9.39. The Morgan fingerprint density at radius 1 is 1.31 bits per heavy atom. The number of para-hydroxylation sites is 2. The summed E-state index contributed by atoms with van der Waals surface area (Å²) in [4.78, 5) is 15.6. The van der Waals surface area contributed by atoms with Gasteiger partial charge in [0.05, 0.1) is 17.9 Å². The number of aliphatic hydroxyl groups is 1. The number of fused-ring (bicyclic) bond motifs is 1. The first-order valence-corrected chi connectivity index (χ1v) is 5.45. The third-order valence-electron chi connectivity index (χ3n) is 2.80. The maximum atomic E-state index is 11.9. The molecule has 1 aliphatic heterocycles. The van der Waals surface area contributed by atoms with E-state index in [1.807, 2.05) is 36.2 Å². The van der Waals surface area contributed by atoms with E-state index in [1.54, 1.807) is 4.90 Å². The van der Waals surface area contributed by atoms with Gasteiger partial charge in [-0.3, -0.25) is 4.79 Å². The van der Waals surface area contributed by atoms with E-state index >= 15 is 0 Å². The van der Waals surface area contributed by atoms with Gasteiger partial charge in [-0.1, -0.05) is 12.1 Å². The van der Waals surface area contributed by atoms with Crippen molar-refractivity contribution in [1.82, 2.24) is 0 Å². The smallest absolute Gasteiger partial charge is 0.246 e. The summed E-state index contributed by atoms with van der Waals surface area (Å²) in [5, 5.41) is 8.83. The minimum atomic E-state index is 0.0923. The van der Waals surface area contributed by atoms with Crippen LogP contribution in [-0.4, -0.2) is 37.8 Å². The number of carbonyl (C=O) groups excluding carboxylic acids is 1. The number of amides is 1. The quantitative estimate of drug-likeness (QED) is 0.821. The van der Waals surface area contributed by atoms with E-state index in [0.29, 0.717) is 19.5 Å². The van der Waals surface area contributed by atoms with Gasteiger partial charge in [-0.2, -0.15) is 0 Å². The van der Waals surface area contributed by atoms with Gasteiger partial charge < -0.3 is 14.9 Å². The molecule has 0 saturated heterocycles. The second kappa shape index (κ2) is 4.53. The van der Waals surface area contributed by atoms with Gasteiger partial charge in [0.15, 0.2) is 0 Å². The van der Waals surface area contributed by atoms with E-state index < -0.39 is 0 Å². The van der Waals surface area contributed by atoms with Crippen molar-refractivity contribution < 1.29 is 9.90 Å². The number of nitrogens with zero attached hydrogens (tertiary/aromatic N) is 2. The summed E-state index contributed by atoms with van der Waals surface area (Å²) in [7, 11) is 1.92. The van der Waals surface area contributed by atoms with Crippen LogP contribution in [-0.2, 0) is 4.79 Å². The third-order valence-corrected chi connectivity index (χ3v) is 2.80. The average molecular weight is 220 g/mol. The Morgan fingerprint density at radius 2 is 2.00 bits per heavy atom. The predicted octanol–water partition coefficient (Wildman–Crippen LogP) is 0.852. The van der Waals surface area contributed by atoms with Crippen LogP contribution in [0.4, 0.5) is 11.4 Å². The monoisotopic (exact) mass is 220 g/mol. The third kappa shape index (κ3) is 1.88. The van der Waals surface area contributed by atoms with Gasteiger partial charge in [0.25, 0.3) is 0 Å². The van der Waals surface area contributed by atoms with Crippen molar-refractivity contribution in [2.24, 2.45) is 0 Å². The van der Waals surface area contributed by atoms with Gasteiger partial charge in [-0.05, 0) is 18.6 Å². The molecule has 86 valence electrons. The molecule has 1 aromatic carbocycles. The summed E-state index contributed by atoms with van der Waals surface area (Å²) in [6.07, 6.45) is 0.615. The fourth-order valence-corrected chi connectivity index (χ4v) is 2.00. The number of aliphatic hydroxyl groups excluding tert-OH is 1. The van der Waals surface area contributed by atoms with Crippen molar-refractivity contribution in [3.63, 3.8) is 0 Å². The van der Waals surface area contributed by atoms with Gasteiger partial charge in [-0.15, -0.1) is 0 Å². The first-order valence-electron chi connectivity index (χ1n) is 5.45. The highest BCUT2D eigenvalue weighted by molar-refractivity contribution is 6.03. The van der Waals surface area contributed by atoms with E-state index in [9.17, 15) is 4.79 Å². The highest BCUT2D eigenvalue weighted by Gasteiger charge is 2.26. The summed E-state index contributed by atoms with van der Waals surface area (Å²) in [6.45, 7) is 1.10. The van der Waals surface area contributed by atoms with Crippen LogP contribution >= 0.6 is 0 Å². The molecule has 0 unspecified atom stereocenters. The molecule has 1 amide bonds. The van der Waals surface area contributed by atoms with Crippen LogP contribution < -0.4 is 9.80 Å². The minimum absolute atomic E-state index is 0.0923. The van der Waals surface area contributed by atoms with Crippen LogP contribution in [0.3, 0.4) is 0 Å². The standard InChI is InChI=1S/C12H16N2O2/c1-13-9-12(16)14(7-4-8-15)11-6-3-2-5-10(11)13/h2-3,5-6,15H,4,7-9H2,1H3. The molecule has 4 nitrogen and oxygen atoms in total. The molecular formula is C12H16N2O2. The lowest BCUT2D eigenvalue weighted by Crippen LogP contribution is -2.44. The van der Waals surface area contributed by atoms with Gasteiger partial charge in [0.1, 0.15) is 0 Å². The maximum Gasteiger partial charge on any atom is 0.246 e. The van der Waals surface area contributed by atoms with E-state index in [4.69, 9.17) is 5.11 Å². The largest absolute Gasteiger partial charge is 0.396 e. The van der Waals surface area contributed by atoms with Crippen LogP contribution in [0, 0.1) is 0 Å². The summed E-state index contributed by atoms with van der Waals surface area (Å²) < 4.78 is 0. The fraction of sp³-hybridized carbons (Fsp3) is 0.417. The lowest BCUT2D eigenvalue weighted by atomic mass is 10.1. The minimum Gasteiger partial charge on any atom is -0.396 e. The highest BCUT2D eigenvalue weighted by Crippen LogP contribution is 2.32. The maximum absolute atomic E-state index is 11.9. The zero-order valence-corrected chi connectivity index (χ0v) is 9.39. The number of rotatable bonds is 3. The first kappa shape index (κ1) is 11.0. The van der Waals surface area contributed by atoms with Gasteiger partial charge in [0.2, 0.25) is 5.91 Å². The molecule has 1 N–H and O–H groups in total. The van der Waals surface area contributed by atoms with Crippen LogP contribution in [0.1, 0.15) is 6.42 Å². The van der Waals surface area contributed by atoms with Crippen molar-refractivity contribution in [2.75, 3.05) is 36.5 Å². The Morgan fingerprint density at radius 3 is 2.69 bits per heavy atom. The predicted molar refractivity (Wildman–Crippen MR) is 63.8 cm³/mol. The van der Waals surface area contributed by atoms with Gasteiger partial charge in [-0.25, -0.2) is 0 Å². The summed E-state index contributed by atoms with van der Waals surface area (Å²) >= 11 is 0.